The van der Waals surface area contributed by atoms with Gasteiger partial charge in [-0.2, -0.15) is 0 Å². The highest BCUT2D eigenvalue weighted by molar-refractivity contribution is 5.31. The molecule has 2 rings (SSSR count). The van der Waals surface area contributed by atoms with Gasteiger partial charge >= 0.3 is 0 Å². The normalized spacial score (nSPS) is 17.9. The maximum absolute atomic E-state index is 9.49. The van der Waals surface area contributed by atoms with Crippen LogP contribution in [0.3, 0.4) is 0 Å². The van der Waals surface area contributed by atoms with Crippen molar-refractivity contribution in [2.75, 3.05) is 13.2 Å². The highest BCUT2D eigenvalue weighted by atomic mass is 16.5. The van der Waals surface area contributed by atoms with Gasteiger partial charge in [-0.05, 0) is 42.9 Å². The van der Waals surface area contributed by atoms with Gasteiger partial charge < -0.3 is 9.84 Å². The van der Waals surface area contributed by atoms with Crippen molar-refractivity contribution in [3.05, 3.63) is 29.8 Å². The average molecular weight is 276 g/mol. The third kappa shape index (κ3) is 4.52. The SMILES string of the molecule is CCCC(CO)c1cccc(OCC2CCCCC2)c1. The monoisotopic (exact) mass is 276 g/mol. The predicted molar refractivity (Wildman–Crippen MR) is 83.2 cm³/mol. The molecule has 0 aliphatic heterocycles. The molecule has 1 unspecified atom stereocenters. The number of benzene rings is 1. The maximum Gasteiger partial charge on any atom is 0.119 e. The topological polar surface area (TPSA) is 29.5 Å². The fourth-order valence-corrected chi connectivity index (χ4v) is 3.14. The van der Waals surface area contributed by atoms with E-state index in [9.17, 15) is 5.11 Å². The van der Waals surface area contributed by atoms with Crippen LogP contribution in [-0.4, -0.2) is 18.3 Å². The van der Waals surface area contributed by atoms with Crippen molar-refractivity contribution >= 4 is 0 Å². The summed E-state index contributed by atoms with van der Waals surface area (Å²) in [5, 5.41) is 9.49. The van der Waals surface area contributed by atoms with E-state index in [1.54, 1.807) is 0 Å². The van der Waals surface area contributed by atoms with Crippen molar-refractivity contribution in [1.82, 2.24) is 0 Å². The lowest BCUT2D eigenvalue weighted by Gasteiger charge is -2.22. The van der Waals surface area contributed by atoms with Crippen LogP contribution in [0.25, 0.3) is 0 Å². The molecular weight excluding hydrogens is 248 g/mol. The summed E-state index contributed by atoms with van der Waals surface area (Å²) < 4.78 is 5.98. The zero-order valence-electron chi connectivity index (χ0n) is 12.7. The van der Waals surface area contributed by atoms with E-state index in [0.29, 0.717) is 0 Å². The molecule has 1 aromatic carbocycles. The molecule has 0 heterocycles. The van der Waals surface area contributed by atoms with Crippen molar-refractivity contribution in [2.45, 2.75) is 57.8 Å². The van der Waals surface area contributed by atoms with E-state index in [4.69, 9.17) is 4.74 Å². The highest BCUT2D eigenvalue weighted by Crippen LogP contribution is 2.27. The van der Waals surface area contributed by atoms with Crippen LogP contribution in [0.2, 0.25) is 0 Å². The first-order chi connectivity index (χ1) is 9.83. The Hall–Kier alpha value is -1.02. The van der Waals surface area contributed by atoms with Gasteiger partial charge in [0.15, 0.2) is 0 Å². The van der Waals surface area contributed by atoms with Crippen molar-refractivity contribution in [2.24, 2.45) is 5.92 Å². The third-order valence-corrected chi connectivity index (χ3v) is 4.40. The van der Waals surface area contributed by atoms with Gasteiger partial charge in [-0.3, -0.25) is 0 Å². The van der Waals surface area contributed by atoms with Crippen molar-refractivity contribution in [3.8, 4) is 5.75 Å². The largest absolute Gasteiger partial charge is 0.493 e. The van der Waals surface area contributed by atoms with Crippen LogP contribution in [0.5, 0.6) is 5.75 Å². The lowest BCUT2D eigenvalue weighted by atomic mass is 9.90. The summed E-state index contributed by atoms with van der Waals surface area (Å²) in [6.07, 6.45) is 8.86. The molecule has 0 amide bonds. The molecule has 1 atom stereocenters. The Labute approximate surface area is 123 Å². The minimum atomic E-state index is 0.222. The number of hydrogen-bond donors (Lipinski definition) is 1. The second kappa shape index (κ2) is 8.31. The second-order valence-electron chi connectivity index (χ2n) is 6.06. The first-order valence-corrected chi connectivity index (χ1v) is 8.17. The van der Waals surface area contributed by atoms with E-state index in [0.717, 1.165) is 31.1 Å². The molecule has 112 valence electrons. The predicted octanol–water partition coefficient (Wildman–Crippen LogP) is 4.52. The van der Waals surface area contributed by atoms with Crippen LogP contribution >= 0.6 is 0 Å². The van der Waals surface area contributed by atoms with Crippen LogP contribution in [-0.2, 0) is 0 Å². The molecule has 0 radical (unpaired) electrons. The summed E-state index contributed by atoms with van der Waals surface area (Å²) >= 11 is 0. The summed E-state index contributed by atoms with van der Waals surface area (Å²) in [5.74, 6) is 1.94. The molecule has 1 aliphatic rings. The molecule has 0 saturated heterocycles. The zero-order chi connectivity index (χ0) is 14.2. The van der Waals surface area contributed by atoms with Crippen LogP contribution in [0, 0.1) is 5.92 Å². The molecule has 1 N–H and O–H groups in total. The van der Waals surface area contributed by atoms with Crippen molar-refractivity contribution in [3.63, 3.8) is 0 Å². The quantitative estimate of drug-likeness (QED) is 0.793. The molecule has 1 saturated carbocycles. The van der Waals surface area contributed by atoms with E-state index in [1.807, 2.05) is 12.1 Å². The van der Waals surface area contributed by atoms with Gasteiger partial charge in [0.25, 0.3) is 0 Å². The van der Waals surface area contributed by atoms with E-state index in [-0.39, 0.29) is 12.5 Å². The Morgan fingerprint density at radius 2 is 2.05 bits per heavy atom. The highest BCUT2D eigenvalue weighted by Gasteiger charge is 2.14. The summed E-state index contributed by atoms with van der Waals surface area (Å²) in [6.45, 7) is 3.23. The van der Waals surface area contributed by atoms with Crippen molar-refractivity contribution < 1.29 is 9.84 Å². The molecule has 0 bridgehead atoms. The van der Waals surface area contributed by atoms with E-state index >= 15 is 0 Å². The zero-order valence-corrected chi connectivity index (χ0v) is 12.7. The van der Waals surface area contributed by atoms with Gasteiger partial charge in [-0.25, -0.2) is 0 Å². The Bertz CT molecular complexity index is 383. The molecule has 0 aromatic heterocycles. The van der Waals surface area contributed by atoms with Gasteiger partial charge in [0, 0.05) is 12.5 Å². The number of hydrogen-bond acceptors (Lipinski definition) is 2. The first kappa shape index (κ1) is 15.4. The van der Waals surface area contributed by atoms with Crippen LogP contribution in [0.15, 0.2) is 24.3 Å². The fourth-order valence-electron chi connectivity index (χ4n) is 3.14. The Kier molecular flexibility index (Phi) is 6.38. The number of aliphatic hydroxyl groups excluding tert-OH is 1. The summed E-state index contributed by atoms with van der Waals surface area (Å²) in [7, 11) is 0. The Balaban J connectivity index is 1.91. The summed E-state index contributed by atoms with van der Waals surface area (Å²) in [4.78, 5) is 0. The van der Waals surface area contributed by atoms with Crippen LogP contribution in [0.1, 0.15) is 63.4 Å². The van der Waals surface area contributed by atoms with Gasteiger partial charge in [0.2, 0.25) is 0 Å². The van der Waals surface area contributed by atoms with Gasteiger partial charge in [-0.1, -0.05) is 44.7 Å². The number of rotatable bonds is 7. The molecule has 2 heteroatoms. The maximum atomic E-state index is 9.49. The van der Waals surface area contributed by atoms with Crippen LogP contribution < -0.4 is 4.74 Å². The average Bonchev–Trinajstić information content (AvgIpc) is 2.52. The molecule has 1 fully saturated rings. The molecule has 1 aliphatic carbocycles. The minimum absolute atomic E-state index is 0.222. The van der Waals surface area contributed by atoms with E-state index < -0.39 is 0 Å². The molecular formula is C18H28O2. The van der Waals surface area contributed by atoms with E-state index in [1.165, 1.54) is 37.7 Å². The lowest BCUT2D eigenvalue weighted by Crippen LogP contribution is -2.15. The standard InChI is InChI=1S/C18H28O2/c1-2-7-17(13-19)16-10-6-11-18(12-16)20-14-15-8-4-3-5-9-15/h6,10-12,15,17,19H,2-5,7-9,13-14H2,1H3. The van der Waals surface area contributed by atoms with E-state index in [2.05, 4.69) is 19.1 Å². The fraction of sp³-hybridized carbons (Fsp3) is 0.667. The molecule has 20 heavy (non-hydrogen) atoms. The summed E-state index contributed by atoms with van der Waals surface area (Å²) in [5.41, 5.74) is 1.20. The molecule has 2 nitrogen and oxygen atoms in total. The van der Waals surface area contributed by atoms with Gasteiger partial charge in [0.1, 0.15) is 5.75 Å². The summed E-state index contributed by atoms with van der Waals surface area (Å²) in [6, 6.07) is 8.29. The third-order valence-electron chi connectivity index (χ3n) is 4.40. The van der Waals surface area contributed by atoms with Crippen LogP contribution in [0.4, 0.5) is 0 Å². The second-order valence-corrected chi connectivity index (χ2v) is 6.06. The first-order valence-electron chi connectivity index (χ1n) is 8.17. The van der Waals surface area contributed by atoms with Crippen molar-refractivity contribution in [1.29, 1.82) is 0 Å². The smallest absolute Gasteiger partial charge is 0.119 e. The number of ether oxygens (including phenoxy) is 1. The van der Waals surface area contributed by atoms with Gasteiger partial charge in [-0.15, -0.1) is 0 Å². The lowest BCUT2D eigenvalue weighted by molar-refractivity contribution is 0.208. The number of aliphatic hydroxyl groups is 1. The Morgan fingerprint density at radius 1 is 1.25 bits per heavy atom. The molecule has 0 spiro atoms. The van der Waals surface area contributed by atoms with Gasteiger partial charge in [0.05, 0.1) is 6.61 Å². The Morgan fingerprint density at radius 3 is 2.75 bits per heavy atom. The molecule has 1 aromatic rings. The minimum Gasteiger partial charge on any atom is -0.493 e.